The second-order valence-corrected chi connectivity index (χ2v) is 4.91. The third-order valence-electron chi connectivity index (χ3n) is 3.83. The van der Waals surface area contributed by atoms with Crippen LogP contribution in [0.3, 0.4) is 0 Å². The van der Waals surface area contributed by atoms with Crippen LogP contribution >= 0.6 is 0 Å². The van der Waals surface area contributed by atoms with Crippen molar-refractivity contribution in [1.82, 2.24) is 4.90 Å². The molecule has 1 unspecified atom stereocenters. The highest BCUT2D eigenvalue weighted by molar-refractivity contribution is 5.82. The minimum Gasteiger partial charge on any atom is -0.341 e. The quantitative estimate of drug-likeness (QED) is 0.727. The molecule has 3 nitrogen and oxygen atoms in total. The van der Waals surface area contributed by atoms with Crippen molar-refractivity contribution in [2.24, 2.45) is 23.5 Å². The molecule has 0 bridgehead atoms. The molecule has 3 heteroatoms. The topological polar surface area (TPSA) is 46.3 Å². The minimum atomic E-state index is -0.280. The van der Waals surface area contributed by atoms with Crippen molar-refractivity contribution in [3.8, 4) is 0 Å². The van der Waals surface area contributed by atoms with Crippen LogP contribution in [0.15, 0.2) is 0 Å². The average molecular weight is 196 g/mol. The summed E-state index contributed by atoms with van der Waals surface area (Å²) in [5.74, 6) is 2.09. The standard InChI is InChI=1S/C11H20N2O/c1-3-7(2)10(12)11(14)13-5-8-4-9(8)6-13/h7-10H,3-6,12H2,1-2H3/t7?,8-,9+,10-/m0/s1. The van der Waals surface area contributed by atoms with E-state index in [0.717, 1.165) is 31.3 Å². The second-order valence-electron chi connectivity index (χ2n) is 4.91. The largest absolute Gasteiger partial charge is 0.341 e. The molecule has 4 atom stereocenters. The predicted octanol–water partition coefficient (Wildman–Crippen LogP) is 0.838. The smallest absolute Gasteiger partial charge is 0.239 e. The number of likely N-dealkylation sites (tertiary alicyclic amines) is 1. The molecule has 2 rings (SSSR count). The van der Waals surface area contributed by atoms with Crippen molar-refractivity contribution in [2.45, 2.75) is 32.7 Å². The van der Waals surface area contributed by atoms with E-state index in [1.807, 2.05) is 4.90 Å². The fourth-order valence-electron chi connectivity index (χ4n) is 2.29. The SMILES string of the molecule is CCC(C)[C@H](N)C(=O)N1C[C@H]2C[C@H]2C1. The third kappa shape index (κ3) is 1.65. The molecule has 0 aromatic rings. The summed E-state index contributed by atoms with van der Waals surface area (Å²) >= 11 is 0. The van der Waals surface area contributed by atoms with Crippen LogP contribution in [0.2, 0.25) is 0 Å². The van der Waals surface area contributed by atoms with Crippen molar-refractivity contribution in [3.63, 3.8) is 0 Å². The summed E-state index contributed by atoms with van der Waals surface area (Å²) in [6.07, 6.45) is 2.32. The number of amides is 1. The third-order valence-corrected chi connectivity index (χ3v) is 3.83. The molecule has 2 fully saturated rings. The number of hydrogen-bond donors (Lipinski definition) is 1. The van der Waals surface area contributed by atoms with Gasteiger partial charge in [0, 0.05) is 13.1 Å². The fourth-order valence-corrected chi connectivity index (χ4v) is 2.29. The molecule has 1 aliphatic heterocycles. The van der Waals surface area contributed by atoms with E-state index in [1.54, 1.807) is 0 Å². The predicted molar refractivity (Wildman–Crippen MR) is 55.6 cm³/mol. The maximum Gasteiger partial charge on any atom is 0.239 e. The molecule has 2 N–H and O–H groups in total. The number of piperidine rings is 1. The van der Waals surface area contributed by atoms with Gasteiger partial charge in [-0.3, -0.25) is 4.79 Å². The Morgan fingerprint density at radius 3 is 2.57 bits per heavy atom. The average Bonchev–Trinajstić information content (AvgIpc) is 2.82. The maximum absolute atomic E-state index is 11.9. The van der Waals surface area contributed by atoms with Gasteiger partial charge in [-0.25, -0.2) is 0 Å². The van der Waals surface area contributed by atoms with Crippen molar-refractivity contribution in [3.05, 3.63) is 0 Å². The Labute approximate surface area is 85.6 Å². The number of hydrogen-bond acceptors (Lipinski definition) is 2. The highest BCUT2D eigenvalue weighted by Gasteiger charge is 2.47. The lowest BCUT2D eigenvalue weighted by atomic mass is 9.99. The van der Waals surface area contributed by atoms with Gasteiger partial charge in [0.2, 0.25) is 5.91 Å². The summed E-state index contributed by atoms with van der Waals surface area (Å²) in [5.41, 5.74) is 5.92. The molecule has 80 valence electrons. The fraction of sp³-hybridized carbons (Fsp3) is 0.909. The molecule has 0 aromatic heterocycles. The first-order valence-corrected chi connectivity index (χ1v) is 5.67. The van der Waals surface area contributed by atoms with Crippen molar-refractivity contribution >= 4 is 5.91 Å². The monoisotopic (exact) mass is 196 g/mol. The summed E-state index contributed by atoms with van der Waals surface area (Å²) in [6.45, 7) is 6.07. The van der Waals surface area contributed by atoms with Gasteiger partial charge in [0.25, 0.3) is 0 Å². The molecule has 14 heavy (non-hydrogen) atoms. The van der Waals surface area contributed by atoms with Gasteiger partial charge in [-0.1, -0.05) is 20.3 Å². The van der Waals surface area contributed by atoms with E-state index in [4.69, 9.17) is 5.73 Å². The highest BCUT2D eigenvalue weighted by Crippen LogP contribution is 2.45. The van der Waals surface area contributed by atoms with E-state index >= 15 is 0 Å². The van der Waals surface area contributed by atoms with Crippen LogP contribution in [-0.2, 0) is 4.79 Å². The molecule has 1 heterocycles. The molecule has 0 radical (unpaired) electrons. The number of carbonyl (C=O) groups is 1. The molecule has 1 amide bonds. The molecule has 0 spiro atoms. The highest BCUT2D eigenvalue weighted by atomic mass is 16.2. The number of nitrogens with two attached hydrogens (primary N) is 1. The molecular weight excluding hydrogens is 176 g/mol. The zero-order chi connectivity index (χ0) is 10.3. The van der Waals surface area contributed by atoms with Crippen LogP contribution in [0.1, 0.15) is 26.7 Å². The Balaban J connectivity index is 1.88. The summed E-state index contributed by atoms with van der Waals surface area (Å²) in [5, 5.41) is 0. The minimum absolute atomic E-state index is 0.173. The maximum atomic E-state index is 11.9. The van der Waals surface area contributed by atoms with E-state index in [1.165, 1.54) is 6.42 Å². The van der Waals surface area contributed by atoms with Gasteiger partial charge in [-0.2, -0.15) is 0 Å². The van der Waals surface area contributed by atoms with Gasteiger partial charge >= 0.3 is 0 Å². The first-order chi connectivity index (χ1) is 6.63. The zero-order valence-electron chi connectivity index (χ0n) is 9.07. The lowest BCUT2D eigenvalue weighted by Crippen LogP contribution is -2.46. The van der Waals surface area contributed by atoms with Crippen LogP contribution in [0.4, 0.5) is 0 Å². The van der Waals surface area contributed by atoms with E-state index < -0.39 is 0 Å². The van der Waals surface area contributed by atoms with Gasteiger partial charge < -0.3 is 10.6 Å². The molecule has 2 aliphatic rings. The van der Waals surface area contributed by atoms with Gasteiger partial charge in [-0.15, -0.1) is 0 Å². The number of carbonyl (C=O) groups excluding carboxylic acids is 1. The summed E-state index contributed by atoms with van der Waals surface area (Å²) < 4.78 is 0. The molecule has 1 saturated carbocycles. The van der Waals surface area contributed by atoms with E-state index in [9.17, 15) is 4.79 Å². The van der Waals surface area contributed by atoms with Gasteiger partial charge in [0.05, 0.1) is 6.04 Å². The Hall–Kier alpha value is -0.570. The van der Waals surface area contributed by atoms with Crippen LogP contribution in [0.25, 0.3) is 0 Å². The van der Waals surface area contributed by atoms with Gasteiger partial charge in [0.15, 0.2) is 0 Å². The van der Waals surface area contributed by atoms with Crippen LogP contribution in [-0.4, -0.2) is 29.9 Å². The van der Waals surface area contributed by atoms with E-state index in [-0.39, 0.29) is 11.9 Å². The van der Waals surface area contributed by atoms with Crippen molar-refractivity contribution < 1.29 is 4.79 Å². The van der Waals surface area contributed by atoms with E-state index in [2.05, 4.69) is 13.8 Å². The lowest BCUT2D eigenvalue weighted by molar-refractivity contribution is -0.133. The zero-order valence-corrected chi connectivity index (χ0v) is 9.07. The summed E-state index contributed by atoms with van der Waals surface area (Å²) in [7, 11) is 0. The number of rotatable bonds is 3. The molecule has 1 aliphatic carbocycles. The number of fused-ring (bicyclic) bond motifs is 1. The van der Waals surface area contributed by atoms with Crippen LogP contribution in [0, 0.1) is 17.8 Å². The molecule has 1 saturated heterocycles. The van der Waals surface area contributed by atoms with Gasteiger partial charge in [-0.05, 0) is 24.2 Å². The number of nitrogens with zero attached hydrogens (tertiary/aromatic N) is 1. The lowest BCUT2D eigenvalue weighted by Gasteiger charge is -2.25. The summed E-state index contributed by atoms with van der Waals surface area (Å²) in [4.78, 5) is 13.9. The van der Waals surface area contributed by atoms with E-state index in [0.29, 0.717) is 5.92 Å². The first-order valence-electron chi connectivity index (χ1n) is 5.67. The first kappa shape index (κ1) is 9.97. The Bertz CT molecular complexity index is 227. The normalized spacial score (nSPS) is 33.8. The molecule has 0 aromatic carbocycles. The van der Waals surface area contributed by atoms with Crippen molar-refractivity contribution in [2.75, 3.05) is 13.1 Å². The second kappa shape index (κ2) is 3.54. The molecular formula is C11H20N2O. The van der Waals surface area contributed by atoms with Gasteiger partial charge in [0.1, 0.15) is 0 Å². The van der Waals surface area contributed by atoms with Crippen molar-refractivity contribution in [1.29, 1.82) is 0 Å². The summed E-state index contributed by atoms with van der Waals surface area (Å²) in [6, 6.07) is -0.280. The Morgan fingerprint density at radius 1 is 1.50 bits per heavy atom. The Morgan fingerprint density at radius 2 is 2.07 bits per heavy atom. The van der Waals surface area contributed by atoms with Crippen LogP contribution in [0.5, 0.6) is 0 Å². The Kier molecular flexibility index (Phi) is 2.52. The van der Waals surface area contributed by atoms with Crippen LogP contribution < -0.4 is 5.73 Å².